The molecule has 7 nitrogen and oxygen atoms in total. The Morgan fingerprint density at radius 2 is 1.91 bits per heavy atom. The van der Waals surface area contributed by atoms with Gasteiger partial charge < -0.3 is 19.8 Å². The topological polar surface area (TPSA) is 96.9 Å². The molecule has 4 aromatic rings. The molecule has 4 heterocycles. The predicted octanol–water partition coefficient (Wildman–Crippen LogP) is 5.44. The van der Waals surface area contributed by atoms with Crippen molar-refractivity contribution in [2.45, 2.75) is 26.8 Å². The predicted molar refractivity (Wildman–Crippen MR) is 126 cm³/mol. The second kappa shape index (κ2) is 8.63. The van der Waals surface area contributed by atoms with E-state index >= 15 is 0 Å². The maximum absolute atomic E-state index is 10.2. The van der Waals surface area contributed by atoms with Crippen LogP contribution in [0.5, 0.6) is 5.88 Å². The molecule has 0 aliphatic carbocycles. The first kappa shape index (κ1) is 21.2. The molecule has 7 heteroatoms. The first-order valence-corrected chi connectivity index (χ1v) is 10.3. The lowest BCUT2D eigenvalue weighted by Crippen LogP contribution is -2.07. The largest absolute Gasteiger partial charge is 0.512 e. The molecule has 162 valence electrons. The van der Waals surface area contributed by atoms with E-state index in [1.807, 2.05) is 36.4 Å². The summed E-state index contributed by atoms with van der Waals surface area (Å²) in [5, 5.41) is 18.3. The first-order chi connectivity index (χ1) is 15.4. The van der Waals surface area contributed by atoms with Gasteiger partial charge in [-0.3, -0.25) is 9.97 Å². The Morgan fingerprint density at radius 3 is 2.50 bits per heavy atom. The van der Waals surface area contributed by atoms with Gasteiger partial charge in [0.25, 0.3) is 0 Å². The summed E-state index contributed by atoms with van der Waals surface area (Å²) in [4.78, 5) is 13.6. The summed E-state index contributed by atoms with van der Waals surface area (Å²) in [6.07, 6.45) is 7.30. The van der Waals surface area contributed by atoms with Crippen molar-refractivity contribution in [3.63, 3.8) is 0 Å². The summed E-state index contributed by atoms with van der Waals surface area (Å²) in [7, 11) is 1.59. The Morgan fingerprint density at radius 1 is 1.09 bits per heavy atom. The summed E-state index contributed by atoms with van der Waals surface area (Å²) in [5.74, 6) is 0.637. The highest BCUT2D eigenvalue weighted by molar-refractivity contribution is 6.22. The van der Waals surface area contributed by atoms with E-state index in [2.05, 4.69) is 27.7 Å². The minimum absolute atomic E-state index is 0.0561. The van der Waals surface area contributed by atoms with Crippen molar-refractivity contribution in [1.82, 2.24) is 19.5 Å². The first-order valence-electron chi connectivity index (χ1n) is 10.3. The standard InChI is InChI=1S/C25H25N5O2/c1-15(26)24(17(3)31)19-11-22-25(29-13-19)20(18-8-9-23(32-4)28-12-18)14-30(22)16(2)21-7-5-6-10-27-21/h5-14,16,26,31H,1-4H3/b24-17+,26-15?/t16-/m0/s1. The number of rotatable bonds is 6. The minimum atomic E-state index is -0.0561. The van der Waals surface area contributed by atoms with Gasteiger partial charge >= 0.3 is 0 Å². The van der Waals surface area contributed by atoms with E-state index in [0.717, 1.165) is 27.9 Å². The number of fused-ring (bicyclic) bond motifs is 1. The van der Waals surface area contributed by atoms with Crippen LogP contribution < -0.4 is 4.74 Å². The van der Waals surface area contributed by atoms with Crippen LogP contribution in [0.4, 0.5) is 0 Å². The lowest BCUT2D eigenvalue weighted by molar-refractivity contribution is 0.398. The van der Waals surface area contributed by atoms with E-state index in [1.54, 1.807) is 39.5 Å². The summed E-state index contributed by atoms with van der Waals surface area (Å²) in [6, 6.07) is 11.5. The average Bonchev–Trinajstić information content (AvgIpc) is 3.17. The molecule has 0 aromatic carbocycles. The molecule has 0 spiro atoms. The quantitative estimate of drug-likeness (QED) is 0.315. The average molecular weight is 428 g/mol. The molecule has 0 aliphatic rings. The van der Waals surface area contributed by atoms with Gasteiger partial charge in [-0.2, -0.15) is 0 Å². The summed E-state index contributed by atoms with van der Waals surface area (Å²) in [6.45, 7) is 5.32. The highest BCUT2D eigenvalue weighted by Gasteiger charge is 2.20. The maximum Gasteiger partial charge on any atom is 0.212 e. The van der Waals surface area contributed by atoms with Crippen LogP contribution in [0.2, 0.25) is 0 Å². The van der Waals surface area contributed by atoms with E-state index in [1.165, 1.54) is 0 Å². The maximum atomic E-state index is 10.2. The molecule has 0 saturated carbocycles. The number of hydrogen-bond acceptors (Lipinski definition) is 6. The van der Waals surface area contributed by atoms with E-state index in [9.17, 15) is 5.11 Å². The Bertz CT molecular complexity index is 1300. The number of aromatic nitrogens is 4. The number of nitrogens with zero attached hydrogens (tertiary/aromatic N) is 4. The van der Waals surface area contributed by atoms with Crippen LogP contribution in [0, 0.1) is 5.41 Å². The van der Waals surface area contributed by atoms with Crippen molar-refractivity contribution in [3.8, 4) is 17.0 Å². The van der Waals surface area contributed by atoms with Crippen LogP contribution in [0.25, 0.3) is 27.7 Å². The number of nitrogens with one attached hydrogen (secondary N) is 1. The molecule has 4 aromatic heterocycles. The van der Waals surface area contributed by atoms with Crippen LogP contribution in [0.1, 0.15) is 38.1 Å². The van der Waals surface area contributed by atoms with Crippen LogP contribution in [0.15, 0.2) is 66.9 Å². The molecule has 0 fully saturated rings. The number of aliphatic hydroxyl groups excluding tert-OH is 1. The molecule has 0 bridgehead atoms. The van der Waals surface area contributed by atoms with Crippen molar-refractivity contribution in [3.05, 3.63) is 78.2 Å². The van der Waals surface area contributed by atoms with E-state index in [0.29, 0.717) is 17.0 Å². The third-order valence-electron chi connectivity index (χ3n) is 5.48. The second-order valence-electron chi connectivity index (χ2n) is 7.65. The molecule has 2 N–H and O–H groups in total. The van der Waals surface area contributed by atoms with Crippen LogP contribution in [-0.2, 0) is 0 Å². The molecule has 0 unspecified atom stereocenters. The summed E-state index contributed by atoms with van der Waals surface area (Å²) in [5.41, 5.74) is 5.91. The second-order valence-corrected chi connectivity index (χ2v) is 7.65. The van der Waals surface area contributed by atoms with Gasteiger partial charge in [0.1, 0.15) is 0 Å². The van der Waals surface area contributed by atoms with E-state index < -0.39 is 0 Å². The zero-order valence-corrected chi connectivity index (χ0v) is 18.5. The normalized spacial score (nSPS) is 13.0. The fourth-order valence-corrected chi connectivity index (χ4v) is 3.92. The zero-order chi connectivity index (χ0) is 22.8. The summed E-state index contributed by atoms with van der Waals surface area (Å²) >= 11 is 0. The van der Waals surface area contributed by atoms with Crippen LogP contribution >= 0.6 is 0 Å². The van der Waals surface area contributed by atoms with Gasteiger partial charge in [-0.15, -0.1) is 0 Å². The van der Waals surface area contributed by atoms with E-state index in [4.69, 9.17) is 15.1 Å². The fraction of sp³-hybridized carbons (Fsp3) is 0.200. The molecule has 32 heavy (non-hydrogen) atoms. The molecular weight excluding hydrogens is 402 g/mol. The summed E-state index contributed by atoms with van der Waals surface area (Å²) < 4.78 is 7.31. The van der Waals surface area contributed by atoms with Gasteiger partial charge in [0.05, 0.1) is 35.6 Å². The Labute approximate surface area is 186 Å². The number of pyridine rings is 3. The number of aliphatic hydroxyl groups is 1. The number of ether oxygens (including phenoxy) is 1. The van der Waals surface area contributed by atoms with E-state index in [-0.39, 0.29) is 17.5 Å². The number of allylic oxidation sites excluding steroid dienone is 2. The minimum Gasteiger partial charge on any atom is -0.512 e. The lowest BCUT2D eigenvalue weighted by Gasteiger charge is -2.15. The fourth-order valence-electron chi connectivity index (χ4n) is 3.92. The third-order valence-corrected chi connectivity index (χ3v) is 5.48. The van der Waals surface area contributed by atoms with Crippen molar-refractivity contribution < 1.29 is 9.84 Å². The van der Waals surface area contributed by atoms with Crippen LogP contribution in [0.3, 0.4) is 0 Å². The number of methoxy groups -OCH3 is 1. The van der Waals surface area contributed by atoms with Crippen LogP contribution in [-0.4, -0.2) is 37.4 Å². The van der Waals surface area contributed by atoms with Crippen molar-refractivity contribution in [1.29, 1.82) is 5.41 Å². The molecule has 0 aliphatic heterocycles. The van der Waals surface area contributed by atoms with Gasteiger partial charge in [-0.25, -0.2) is 4.98 Å². The lowest BCUT2D eigenvalue weighted by atomic mass is 10.0. The Balaban J connectivity index is 1.96. The SMILES string of the molecule is COc1ccc(-c2cn([C@@H](C)c3ccccn3)c3cc(/C(C(C)=N)=C(\C)O)cnc23)cn1. The van der Waals surface area contributed by atoms with Gasteiger partial charge in [0, 0.05) is 58.8 Å². The van der Waals surface area contributed by atoms with Crippen molar-refractivity contribution in [2.24, 2.45) is 0 Å². The highest BCUT2D eigenvalue weighted by atomic mass is 16.5. The molecule has 4 rings (SSSR count). The number of hydrogen-bond donors (Lipinski definition) is 2. The smallest absolute Gasteiger partial charge is 0.212 e. The van der Waals surface area contributed by atoms with Gasteiger partial charge in [0.2, 0.25) is 5.88 Å². The molecule has 0 amide bonds. The Hall–Kier alpha value is -4.00. The van der Waals surface area contributed by atoms with Crippen molar-refractivity contribution in [2.75, 3.05) is 7.11 Å². The third kappa shape index (κ3) is 3.85. The van der Waals surface area contributed by atoms with Gasteiger partial charge in [0.15, 0.2) is 0 Å². The molecule has 0 radical (unpaired) electrons. The molecular formula is C25H25N5O2. The van der Waals surface area contributed by atoms with Gasteiger partial charge in [-0.1, -0.05) is 6.07 Å². The van der Waals surface area contributed by atoms with Gasteiger partial charge in [-0.05, 0) is 45.0 Å². The zero-order valence-electron chi connectivity index (χ0n) is 18.5. The monoisotopic (exact) mass is 427 g/mol. The highest BCUT2D eigenvalue weighted by Crippen LogP contribution is 2.34. The Kier molecular flexibility index (Phi) is 5.73. The molecule has 0 saturated heterocycles. The molecule has 1 atom stereocenters. The van der Waals surface area contributed by atoms with Crippen molar-refractivity contribution >= 4 is 22.3 Å².